The van der Waals surface area contributed by atoms with Gasteiger partial charge in [-0.15, -0.1) is 0 Å². The largest absolute Gasteiger partial charge is 0.329 e. The Bertz CT molecular complexity index is 8440. The van der Waals surface area contributed by atoms with Crippen molar-refractivity contribution in [3.8, 4) is 33.4 Å². The van der Waals surface area contributed by atoms with Crippen LogP contribution >= 0.6 is 0 Å². The molecule has 24 aliphatic rings. The summed E-state index contributed by atoms with van der Waals surface area (Å²) in [5, 5.41) is 0. The lowest BCUT2D eigenvalue weighted by Gasteiger charge is -2.46. The average molecular weight is 1840 g/mol. The van der Waals surface area contributed by atoms with Crippen LogP contribution in [0.15, 0.2) is 538 Å². The van der Waals surface area contributed by atoms with Gasteiger partial charge in [-0.25, -0.2) is 0 Å². The third kappa shape index (κ3) is 11.9. The van der Waals surface area contributed by atoms with Crippen LogP contribution in [0.4, 0.5) is 34.1 Å². The van der Waals surface area contributed by atoms with Crippen LogP contribution in [0.2, 0.25) is 0 Å². The van der Waals surface area contributed by atoms with Crippen LogP contribution < -0.4 is 29.4 Å². The van der Waals surface area contributed by atoms with Gasteiger partial charge in [0, 0.05) is 113 Å². The van der Waals surface area contributed by atoms with E-state index in [1.54, 1.807) is 11.1 Å². The Morgan fingerprint density at radius 3 is 1.01 bits per heavy atom. The van der Waals surface area contributed by atoms with Gasteiger partial charge in [0.05, 0.1) is 36.3 Å². The van der Waals surface area contributed by atoms with E-state index in [9.17, 15) is 0 Å². The Labute approximate surface area is 842 Å². The van der Waals surface area contributed by atoms with Crippen LogP contribution in [-0.4, -0.2) is 0 Å². The Morgan fingerprint density at radius 2 is 0.465 bits per heavy atom. The third-order valence-electron chi connectivity index (χ3n) is 34.4. The number of fused-ring (bicyclic) bond motifs is 59. The molecule has 0 radical (unpaired) electrons. The van der Waals surface area contributed by atoms with Gasteiger partial charge in [-0.05, 0) is 288 Å². The van der Waals surface area contributed by atoms with Gasteiger partial charge in [0.1, 0.15) is 0 Å². The average Bonchev–Trinajstić information content (AvgIpc) is 1.51. The molecule has 12 aliphatic carbocycles. The normalized spacial score (nSPS) is 22.3. The van der Waals surface area contributed by atoms with E-state index >= 15 is 0 Å². The molecule has 0 amide bonds. The minimum Gasteiger partial charge on any atom is -0.329 e. The van der Waals surface area contributed by atoms with E-state index in [2.05, 4.69) is 466 Å². The molecular formula is C138H102N6. The fourth-order valence-corrected chi connectivity index (χ4v) is 28.8. The van der Waals surface area contributed by atoms with Gasteiger partial charge in [-0.3, -0.25) is 0 Å². The van der Waals surface area contributed by atoms with Gasteiger partial charge in [0.25, 0.3) is 0 Å². The second-order valence-electron chi connectivity index (χ2n) is 41.2. The van der Waals surface area contributed by atoms with E-state index in [4.69, 9.17) is 0 Å². The summed E-state index contributed by atoms with van der Waals surface area (Å²) >= 11 is 0. The first-order chi connectivity index (χ1) is 71.6. The van der Waals surface area contributed by atoms with Gasteiger partial charge in [-0.1, -0.05) is 382 Å². The van der Waals surface area contributed by atoms with Crippen LogP contribution in [0.5, 0.6) is 0 Å². The molecule has 1 saturated heterocycles. The summed E-state index contributed by atoms with van der Waals surface area (Å²) in [5.74, 6) is 0. The monoisotopic (exact) mass is 1840 g/mol. The van der Waals surface area contributed by atoms with Crippen molar-refractivity contribution in [2.24, 2.45) is 0 Å². The zero-order valence-electron chi connectivity index (χ0n) is 80.2. The molecule has 6 nitrogen and oxygen atoms in total. The van der Waals surface area contributed by atoms with E-state index in [1.807, 2.05) is 0 Å². The molecule has 6 atom stereocenters. The number of piperidine rings is 1. The van der Waals surface area contributed by atoms with Gasteiger partial charge >= 0.3 is 0 Å². The molecule has 12 aromatic rings. The first-order valence-corrected chi connectivity index (χ1v) is 52.3. The molecule has 6 unspecified atom stereocenters. The van der Waals surface area contributed by atoms with Crippen molar-refractivity contribution in [1.82, 2.24) is 0 Å². The van der Waals surface area contributed by atoms with Gasteiger partial charge in [0.2, 0.25) is 0 Å². The maximum atomic E-state index is 2.59. The highest BCUT2D eigenvalue weighted by atomic mass is 15.2. The Hall–Kier alpha value is -16.8. The number of anilines is 6. The summed E-state index contributed by atoms with van der Waals surface area (Å²) in [6, 6.07) is 109. The molecule has 0 bridgehead atoms. The Kier molecular flexibility index (Phi) is 18.4. The number of hydrogen-bond acceptors (Lipinski definition) is 6. The van der Waals surface area contributed by atoms with E-state index in [-0.39, 0.29) is 0 Å². The molecular weight excluding hydrogens is 1740 g/mol. The highest BCUT2D eigenvalue weighted by molar-refractivity contribution is 6.03. The maximum absolute atomic E-state index is 2.59. The van der Waals surface area contributed by atoms with Crippen molar-refractivity contribution in [3.63, 3.8) is 0 Å². The zero-order chi connectivity index (χ0) is 94.0. The molecule has 0 N–H and O–H groups in total. The van der Waals surface area contributed by atoms with Crippen molar-refractivity contribution >= 4 is 67.6 Å². The quantitative estimate of drug-likeness (QED) is 0.150. The van der Waals surface area contributed by atoms with Crippen LogP contribution in [-0.2, 0) is 0 Å². The van der Waals surface area contributed by atoms with E-state index in [1.165, 1.54) is 258 Å². The van der Waals surface area contributed by atoms with Crippen molar-refractivity contribution in [2.45, 2.75) is 113 Å². The van der Waals surface area contributed by atoms with Crippen LogP contribution in [0.25, 0.3) is 66.8 Å². The number of rotatable bonds is 0. The second kappa shape index (κ2) is 32.4. The minimum absolute atomic E-state index is 0.311. The number of allylic oxidation sites excluding steroid dienone is 30. The molecule has 36 rings (SSSR count). The van der Waals surface area contributed by atoms with Gasteiger partial charge in [0.15, 0.2) is 0 Å². The first-order valence-electron chi connectivity index (χ1n) is 52.3. The summed E-state index contributed by atoms with van der Waals surface area (Å²) in [4.78, 5) is 15.5. The molecule has 0 spiro atoms. The molecule has 6 heteroatoms. The highest BCUT2D eigenvalue weighted by Gasteiger charge is 2.50. The Balaban J connectivity index is 0.0000000788. The van der Waals surface area contributed by atoms with Crippen LogP contribution in [0.3, 0.4) is 0 Å². The van der Waals surface area contributed by atoms with Crippen molar-refractivity contribution in [2.75, 3.05) is 29.4 Å². The summed E-state index contributed by atoms with van der Waals surface area (Å²) in [5.41, 5.74) is 68.5. The minimum atomic E-state index is 0.311. The SMILES string of the molecule is C1=C2C3=CCC=C3N3c4ccccc4-c4ccccc4C3C2=CC1.C1=CC2=C(C1)C1=CCC=C1N1c3ccccc3-c3ccccc3C21.C1=CC2=C(C1)C1c3ccccc3-c3ccccc3N1C1=CCC=C12.C1=CC2=C(C1)c1ccccc1C1C3=C(C=CC3)c3ccccc3N21.C1=CC2=C(C1)c1ccccc1C1C3=C(CC=C3)c3ccccc3N21.C1=CC2=C(C1)c1ccccc1C1C3=CCC=C3c3ccccc3N21. The van der Waals surface area contributed by atoms with Crippen molar-refractivity contribution in [3.05, 3.63) is 605 Å². The molecule has 12 heterocycles. The lowest BCUT2D eigenvalue weighted by molar-refractivity contribution is 0.729. The van der Waals surface area contributed by atoms with E-state index in [0.717, 1.165) is 77.0 Å². The van der Waals surface area contributed by atoms with E-state index < -0.39 is 0 Å². The number of nitrogens with zero attached hydrogens (tertiary/aromatic N) is 6. The second-order valence-corrected chi connectivity index (χ2v) is 41.2. The lowest BCUT2D eigenvalue weighted by atomic mass is 9.78. The lowest BCUT2D eigenvalue weighted by Crippen LogP contribution is -2.37. The molecule has 0 saturated carbocycles. The summed E-state index contributed by atoms with van der Waals surface area (Å²) < 4.78 is 0. The highest BCUT2D eigenvalue weighted by Crippen LogP contribution is 2.66. The van der Waals surface area contributed by atoms with Crippen molar-refractivity contribution in [1.29, 1.82) is 0 Å². The predicted molar refractivity (Wildman–Crippen MR) is 594 cm³/mol. The predicted octanol–water partition coefficient (Wildman–Crippen LogP) is 34.0. The number of para-hydroxylation sites is 6. The molecule has 684 valence electrons. The summed E-state index contributed by atoms with van der Waals surface area (Å²) in [7, 11) is 0. The topological polar surface area (TPSA) is 19.4 Å². The van der Waals surface area contributed by atoms with Gasteiger partial charge in [-0.2, -0.15) is 0 Å². The number of benzene rings is 12. The molecule has 0 aromatic heterocycles. The first kappa shape index (κ1) is 82.0. The van der Waals surface area contributed by atoms with Crippen LogP contribution in [0, 0.1) is 0 Å². The van der Waals surface area contributed by atoms with Crippen molar-refractivity contribution < 1.29 is 0 Å². The third-order valence-corrected chi connectivity index (χ3v) is 34.4. The molecule has 12 aliphatic heterocycles. The standard InChI is InChI=1S/6C23H17N/c3*1-2-9-19-15(7-1)18-11-6-14-22(18)24-21-13-4-3-8-17(21)16-10-5-12-20(16)23(19)24;3*1-2-9-19-15(7-1)17-8-3-4-13-21(17)24-22-14-6-11-18(22)16-10-5-12-20(16)23(19)24/h1-4,6-10,12-14,23H,5,11H2;1-9,12-14,23H,10-11H2;1-10,13-14,23H,11-12H2;1-4,7-14,23H,5-6H2;1-5,7-9,11-14,23H,6,10H2;1-5,7-11,13-14,23H,6,12H2. The van der Waals surface area contributed by atoms with Gasteiger partial charge < -0.3 is 29.4 Å². The van der Waals surface area contributed by atoms with E-state index in [0.29, 0.717) is 36.3 Å². The van der Waals surface area contributed by atoms with Crippen LogP contribution in [0.1, 0.15) is 180 Å². The smallest absolute Gasteiger partial charge is 0.0854 e. The summed E-state index contributed by atoms with van der Waals surface area (Å²) in [6.07, 6.45) is 69.2. The zero-order valence-corrected chi connectivity index (χ0v) is 80.2. The summed E-state index contributed by atoms with van der Waals surface area (Å²) in [6.45, 7) is 0. The maximum Gasteiger partial charge on any atom is 0.0854 e. The fraction of sp³-hybridized carbons (Fsp3) is 0.130. The molecule has 1 fully saturated rings. The Morgan fingerprint density at radius 1 is 0.174 bits per heavy atom. The number of hydrogen-bond donors (Lipinski definition) is 0. The molecule has 12 aromatic carbocycles. The molecule has 144 heavy (non-hydrogen) atoms. The fourth-order valence-electron chi connectivity index (χ4n) is 28.8.